The van der Waals surface area contributed by atoms with Crippen LogP contribution in [0.25, 0.3) is 0 Å². The number of hydrogen-bond donors (Lipinski definition) is 2. The Morgan fingerprint density at radius 1 is 1.00 bits per heavy atom. The molecule has 0 radical (unpaired) electrons. The summed E-state index contributed by atoms with van der Waals surface area (Å²) in [5, 5.41) is 2.73. The largest absolute Gasteiger partial charge is 0.496 e. The lowest BCUT2D eigenvalue weighted by Gasteiger charge is -2.13. The van der Waals surface area contributed by atoms with Gasteiger partial charge in [-0.1, -0.05) is 18.2 Å². The van der Waals surface area contributed by atoms with Crippen LogP contribution in [0.4, 0.5) is 0 Å². The van der Waals surface area contributed by atoms with Gasteiger partial charge in [0.25, 0.3) is 21.8 Å². The Kier molecular flexibility index (Phi) is 5.99. The Morgan fingerprint density at radius 3 is 2.23 bits per heavy atom. The van der Waals surface area contributed by atoms with E-state index in [4.69, 9.17) is 4.74 Å². The zero-order valence-electron chi connectivity index (χ0n) is 14.6. The minimum absolute atomic E-state index is 0.00750. The van der Waals surface area contributed by atoms with Crippen LogP contribution in [0, 0.1) is 0 Å². The first-order valence-corrected chi connectivity index (χ1v) is 9.34. The van der Waals surface area contributed by atoms with Crippen LogP contribution in [0.3, 0.4) is 0 Å². The number of nitrogens with one attached hydrogen (secondary N) is 2. The van der Waals surface area contributed by atoms with E-state index in [1.54, 1.807) is 18.2 Å². The summed E-state index contributed by atoms with van der Waals surface area (Å²) in [6, 6.07) is 11.7. The average molecular weight is 376 g/mol. The highest BCUT2D eigenvalue weighted by atomic mass is 32.2. The molecule has 0 unspecified atom stereocenters. The van der Waals surface area contributed by atoms with E-state index in [0.29, 0.717) is 5.56 Å². The smallest absolute Gasteiger partial charge is 0.268 e. The highest BCUT2D eigenvalue weighted by Crippen LogP contribution is 2.21. The van der Waals surface area contributed by atoms with Gasteiger partial charge in [0, 0.05) is 11.6 Å². The van der Waals surface area contributed by atoms with Crippen LogP contribution in [0.1, 0.15) is 34.6 Å². The summed E-state index contributed by atoms with van der Waals surface area (Å²) < 4.78 is 31.7. The average Bonchev–Trinajstić information content (AvgIpc) is 2.61. The van der Waals surface area contributed by atoms with Crippen LogP contribution < -0.4 is 14.8 Å². The maximum atomic E-state index is 12.4. The summed E-state index contributed by atoms with van der Waals surface area (Å²) >= 11 is 0. The molecule has 0 aromatic heterocycles. The number of amides is 2. The van der Waals surface area contributed by atoms with Crippen molar-refractivity contribution in [2.24, 2.45) is 0 Å². The Balaban J connectivity index is 2.28. The van der Waals surface area contributed by atoms with Gasteiger partial charge in [0.15, 0.2) is 0 Å². The van der Waals surface area contributed by atoms with E-state index in [1.807, 2.05) is 18.6 Å². The maximum Gasteiger partial charge on any atom is 0.268 e. The van der Waals surface area contributed by atoms with Crippen LogP contribution >= 0.6 is 0 Å². The van der Waals surface area contributed by atoms with Crippen LogP contribution in [-0.4, -0.2) is 33.4 Å². The number of sulfonamides is 1. The van der Waals surface area contributed by atoms with Crippen molar-refractivity contribution in [2.75, 3.05) is 7.11 Å². The van der Waals surface area contributed by atoms with Crippen molar-refractivity contribution in [1.82, 2.24) is 10.0 Å². The first-order chi connectivity index (χ1) is 12.2. The molecule has 0 aliphatic carbocycles. The lowest BCUT2D eigenvalue weighted by atomic mass is 10.1. The van der Waals surface area contributed by atoms with Crippen molar-refractivity contribution >= 4 is 21.8 Å². The van der Waals surface area contributed by atoms with E-state index in [1.165, 1.54) is 37.4 Å². The van der Waals surface area contributed by atoms with Crippen molar-refractivity contribution in [1.29, 1.82) is 0 Å². The van der Waals surface area contributed by atoms with E-state index in [0.717, 1.165) is 0 Å². The van der Waals surface area contributed by atoms with Crippen molar-refractivity contribution in [3.05, 3.63) is 59.7 Å². The van der Waals surface area contributed by atoms with Gasteiger partial charge >= 0.3 is 0 Å². The lowest BCUT2D eigenvalue weighted by molar-refractivity contribution is 0.0938. The van der Waals surface area contributed by atoms with E-state index in [-0.39, 0.29) is 28.2 Å². The third-order valence-electron chi connectivity index (χ3n) is 3.41. The second-order valence-corrected chi connectivity index (χ2v) is 7.47. The molecule has 0 spiro atoms. The molecule has 0 aliphatic rings. The molecule has 2 rings (SSSR count). The second kappa shape index (κ2) is 8.01. The second-order valence-electron chi connectivity index (χ2n) is 5.79. The van der Waals surface area contributed by atoms with E-state index in [2.05, 4.69) is 5.32 Å². The highest BCUT2D eigenvalue weighted by Gasteiger charge is 2.22. The summed E-state index contributed by atoms with van der Waals surface area (Å²) in [6.07, 6.45) is 0. The minimum atomic E-state index is -4.01. The molecule has 2 N–H and O–H groups in total. The number of carbonyl (C=O) groups excluding carboxylic acids is 2. The fourth-order valence-electron chi connectivity index (χ4n) is 2.20. The van der Waals surface area contributed by atoms with Gasteiger partial charge in [0.2, 0.25) is 0 Å². The van der Waals surface area contributed by atoms with Crippen LogP contribution in [0.5, 0.6) is 5.75 Å². The van der Waals surface area contributed by atoms with Gasteiger partial charge in [-0.2, -0.15) is 0 Å². The summed E-state index contributed by atoms with van der Waals surface area (Å²) in [5.74, 6) is -1.06. The number of rotatable bonds is 6. The molecular formula is C18H20N2O5S. The molecule has 2 aromatic carbocycles. The Labute approximate surface area is 152 Å². The fourth-order valence-corrected chi connectivity index (χ4v) is 3.19. The van der Waals surface area contributed by atoms with Crippen LogP contribution in [-0.2, 0) is 10.0 Å². The SMILES string of the molecule is COc1cc(C(=O)NC(C)C)ccc1C(=O)NS(=O)(=O)c1ccccc1. The predicted octanol–water partition coefficient (Wildman–Crippen LogP) is 1.95. The number of benzene rings is 2. The molecule has 138 valence electrons. The number of methoxy groups -OCH3 is 1. The summed E-state index contributed by atoms with van der Waals surface area (Å²) in [5.41, 5.74) is 0.311. The molecule has 0 saturated heterocycles. The quantitative estimate of drug-likeness (QED) is 0.802. The fraction of sp³-hybridized carbons (Fsp3) is 0.222. The molecule has 26 heavy (non-hydrogen) atoms. The van der Waals surface area contributed by atoms with E-state index < -0.39 is 15.9 Å². The normalized spacial score (nSPS) is 11.1. The first-order valence-electron chi connectivity index (χ1n) is 7.85. The van der Waals surface area contributed by atoms with Crippen LogP contribution in [0.15, 0.2) is 53.4 Å². The van der Waals surface area contributed by atoms with Gasteiger partial charge in [-0.05, 0) is 44.2 Å². The van der Waals surface area contributed by atoms with Gasteiger partial charge < -0.3 is 10.1 Å². The lowest BCUT2D eigenvalue weighted by Crippen LogP contribution is -2.31. The topological polar surface area (TPSA) is 102 Å². The third-order valence-corrected chi connectivity index (χ3v) is 4.76. The van der Waals surface area contributed by atoms with Gasteiger partial charge in [-0.25, -0.2) is 13.1 Å². The monoisotopic (exact) mass is 376 g/mol. The Hall–Kier alpha value is -2.87. The van der Waals surface area contributed by atoms with E-state index in [9.17, 15) is 18.0 Å². The van der Waals surface area contributed by atoms with Crippen molar-refractivity contribution in [2.45, 2.75) is 24.8 Å². The van der Waals surface area contributed by atoms with Crippen molar-refractivity contribution in [3.63, 3.8) is 0 Å². The molecule has 0 aliphatic heterocycles. The molecule has 0 fully saturated rings. The number of hydrogen-bond acceptors (Lipinski definition) is 5. The number of carbonyl (C=O) groups is 2. The summed E-state index contributed by atoms with van der Waals surface area (Å²) in [4.78, 5) is 24.4. The first kappa shape index (κ1) is 19.5. The van der Waals surface area contributed by atoms with Gasteiger partial charge in [0.1, 0.15) is 5.75 Å². The predicted molar refractivity (Wildman–Crippen MR) is 96.7 cm³/mol. The maximum absolute atomic E-state index is 12.4. The van der Waals surface area contributed by atoms with Crippen molar-refractivity contribution < 1.29 is 22.7 Å². The molecule has 8 heteroatoms. The number of ether oxygens (including phenoxy) is 1. The van der Waals surface area contributed by atoms with Gasteiger partial charge in [0.05, 0.1) is 17.6 Å². The van der Waals surface area contributed by atoms with Crippen LogP contribution in [0.2, 0.25) is 0 Å². The van der Waals surface area contributed by atoms with Crippen molar-refractivity contribution in [3.8, 4) is 5.75 Å². The van der Waals surface area contributed by atoms with Gasteiger partial charge in [-0.15, -0.1) is 0 Å². The Morgan fingerprint density at radius 2 is 1.65 bits per heavy atom. The Bertz CT molecular complexity index is 908. The standard InChI is InChI=1S/C18H20N2O5S/c1-12(2)19-17(21)13-9-10-15(16(11-13)25-3)18(22)20-26(23,24)14-7-5-4-6-8-14/h4-12H,1-3H3,(H,19,21)(H,20,22). The zero-order chi connectivity index (χ0) is 19.3. The molecule has 2 aromatic rings. The van der Waals surface area contributed by atoms with E-state index >= 15 is 0 Å². The molecular weight excluding hydrogens is 356 g/mol. The summed E-state index contributed by atoms with van der Waals surface area (Å²) in [7, 11) is -2.67. The highest BCUT2D eigenvalue weighted by molar-refractivity contribution is 7.90. The third kappa shape index (κ3) is 4.60. The molecule has 0 bridgehead atoms. The molecule has 0 saturated carbocycles. The molecule has 2 amide bonds. The van der Waals surface area contributed by atoms with Gasteiger partial charge in [-0.3, -0.25) is 9.59 Å². The minimum Gasteiger partial charge on any atom is -0.496 e. The molecule has 7 nitrogen and oxygen atoms in total. The molecule has 0 heterocycles. The zero-order valence-corrected chi connectivity index (χ0v) is 15.5. The molecule has 0 atom stereocenters. The summed E-state index contributed by atoms with van der Waals surface area (Å²) in [6.45, 7) is 3.65.